The highest BCUT2D eigenvalue weighted by Gasteiger charge is 2.33. The molecule has 1 saturated heterocycles. The molecule has 9 rings (SSSR count). The van der Waals surface area contributed by atoms with E-state index in [1.54, 1.807) is 36.4 Å². The third kappa shape index (κ3) is 7.90. The van der Waals surface area contributed by atoms with Gasteiger partial charge >= 0.3 is 0 Å². The molecule has 1 aliphatic carbocycles. The highest BCUT2D eigenvalue weighted by atomic mass is 35.5. The Bertz CT molecular complexity index is 2390. The summed E-state index contributed by atoms with van der Waals surface area (Å²) in [6.07, 6.45) is 5.03. The molecule has 0 amide bonds. The summed E-state index contributed by atoms with van der Waals surface area (Å²) in [6.45, 7) is 3.76. The van der Waals surface area contributed by atoms with Crippen molar-refractivity contribution < 1.29 is 21.6 Å². The number of hydrogen-bond acceptors (Lipinski definition) is 9. The van der Waals surface area contributed by atoms with Gasteiger partial charge in [-0.3, -0.25) is 8.42 Å². The Morgan fingerprint density at radius 1 is 0.764 bits per heavy atom. The molecule has 284 valence electrons. The van der Waals surface area contributed by atoms with Gasteiger partial charge in [0.05, 0.1) is 33.0 Å². The molecule has 0 radical (unpaired) electrons. The highest BCUT2D eigenvalue weighted by molar-refractivity contribution is 7.85. The van der Waals surface area contributed by atoms with Crippen LogP contribution in [-0.4, -0.2) is 52.9 Å². The monoisotopic (exact) mass is 803 g/mol. The van der Waals surface area contributed by atoms with E-state index in [1.807, 2.05) is 6.07 Å². The number of rotatable bonds is 7. The molecule has 15 heteroatoms. The van der Waals surface area contributed by atoms with E-state index in [2.05, 4.69) is 32.4 Å². The molecular formula is C40H37ClF3N7O2S2. The van der Waals surface area contributed by atoms with Crippen molar-refractivity contribution in [1.82, 2.24) is 19.9 Å². The summed E-state index contributed by atoms with van der Waals surface area (Å²) < 4.78 is 65.6. The number of halogens is 4. The number of nitrogens with zero attached hydrogens (tertiary/aromatic N) is 5. The number of aryl methyl sites for hydroxylation is 2. The Kier molecular flexibility index (Phi) is 10.7. The van der Waals surface area contributed by atoms with E-state index in [1.165, 1.54) is 41.0 Å². The van der Waals surface area contributed by atoms with Gasteiger partial charge in [0, 0.05) is 48.8 Å². The Morgan fingerprint density at radius 3 is 1.95 bits per heavy atom. The molecule has 2 N–H and O–H groups in total. The van der Waals surface area contributed by atoms with Crippen molar-refractivity contribution in [2.24, 2.45) is 5.92 Å². The van der Waals surface area contributed by atoms with E-state index >= 15 is 0 Å². The van der Waals surface area contributed by atoms with Gasteiger partial charge in [0.1, 0.15) is 27.2 Å². The van der Waals surface area contributed by atoms with Crippen LogP contribution in [0, 0.1) is 23.4 Å². The van der Waals surface area contributed by atoms with Crippen LogP contribution in [0.25, 0.3) is 5.57 Å². The van der Waals surface area contributed by atoms with Crippen LogP contribution in [0.15, 0.2) is 82.1 Å². The summed E-state index contributed by atoms with van der Waals surface area (Å²) in [5, 5.41) is 6.23. The zero-order valence-corrected chi connectivity index (χ0v) is 32.3. The number of hydrogen-bond donors (Lipinski definition) is 2. The lowest BCUT2D eigenvalue weighted by Gasteiger charge is -2.34. The molecule has 2 atom stereocenters. The minimum atomic E-state index is -1.17. The van der Waals surface area contributed by atoms with E-state index in [-0.39, 0.29) is 22.7 Å². The first-order valence-electron chi connectivity index (χ1n) is 18.2. The van der Waals surface area contributed by atoms with Gasteiger partial charge in [-0.05, 0) is 108 Å². The van der Waals surface area contributed by atoms with E-state index in [9.17, 15) is 21.6 Å². The van der Waals surface area contributed by atoms with E-state index in [0.717, 1.165) is 50.0 Å². The number of anilines is 5. The van der Waals surface area contributed by atoms with Crippen LogP contribution >= 0.6 is 11.6 Å². The molecule has 3 aliphatic heterocycles. The zero-order chi connectivity index (χ0) is 38.2. The van der Waals surface area contributed by atoms with E-state index < -0.39 is 21.6 Å². The van der Waals surface area contributed by atoms with Gasteiger partial charge in [0.25, 0.3) is 0 Å². The second kappa shape index (κ2) is 15.8. The highest BCUT2D eigenvalue weighted by Crippen LogP contribution is 2.43. The van der Waals surface area contributed by atoms with Gasteiger partial charge in [0.15, 0.2) is 11.6 Å². The molecule has 3 aromatic carbocycles. The minimum Gasteiger partial charge on any atom is -0.341 e. The van der Waals surface area contributed by atoms with Crippen LogP contribution in [0.4, 0.5) is 42.1 Å². The fourth-order valence-electron chi connectivity index (χ4n) is 7.73. The third-order valence-electron chi connectivity index (χ3n) is 10.3. The van der Waals surface area contributed by atoms with Crippen LogP contribution < -0.4 is 15.5 Å². The fourth-order valence-corrected chi connectivity index (χ4v) is 10.5. The minimum absolute atomic E-state index is 0.0940. The Labute approximate surface area is 326 Å². The standard InChI is InChI=1S/C28H28F2N4OS.C12H9ClFN3OS/c1-2-17-14-19-6-7-21(30)16-23(19)25(17)18-8-11-34(12-9-18)28-32-24-10-13-36(35)26(24)27(33-28)31-22-5-3-4-20(29)15-22;13-12-16-9-4-5-19(18)10(9)11(17-12)15-8-3-1-2-7(14)6-8/h3-7,15-16,18H,2,8-14H2,1H3,(H,31,32,33);1-3,6H,4-5H2,(H,15,16,17). The average molecular weight is 804 g/mol. The number of benzene rings is 3. The van der Waals surface area contributed by atoms with Crippen LogP contribution in [0.2, 0.25) is 5.28 Å². The first kappa shape index (κ1) is 37.3. The number of piperidine rings is 1. The van der Waals surface area contributed by atoms with Gasteiger partial charge < -0.3 is 15.5 Å². The van der Waals surface area contributed by atoms with Crippen molar-refractivity contribution in [1.29, 1.82) is 0 Å². The molecule has 0 bridgehead atoms. The lowest BCUT2D eigenvalue weighted by atomic mass is 9.84. The summed E-state index contributed by atoms with van der Waals surface area (Å²) in [6, 6.07) is 17.3. The summed E-state index contributed by atoms with van der Waals surface area (Å²) in [4.78, 5) is 21.1. The Balaban J connectivity index is 0.000000189. The molecule has 2 aromatic heterocycles. The maximum absolute atomic E-state index is 14.1. The molecule has 0 spiro atoms. The average Bonchev–Trinajstić information content (AvgIpc) is 3.86. The number of fused-ring (bicyclic) bond motifs is 3. The maximum Gasteiger partial charge on any atom is 0.227 e. The van der Waals surface area contributed by atoms with Crippen molar-refractivity contribution >= 4 is 67.7 Å². The lowest BCUT2D eigenvalue weighted by molar-refractivity contribution is 0.483. The molecule has 2 unspecified atom stereocenters. The van der Waals surface area contributed by atoms with Gasteiger partial charge in [-0.1, -0.05) is 30.7 Å². The van der Waals surface area contributed by atoms with Crippen LogP contribution in [-0.2, 0) is 40.9 Å². The lowest BCUT2D eigenvalue weighted by Crippen LogP contribution is -2.35. The van der Waals surface area contributed by atoms with Gasteiger partial charge in [-0.2, -0.15) is 9.97 Å². The molecule has 1 fully saturated rings. The predicted octanol–water partition coefficient (Wildman–Crippen LogP) is 8.47. The molecular weight excluding hydrogens is 767 g/mol. The summed E-state index contributed by atoms with van der Waals surface area (Å²) >= 11 is 5.84. The smallest absolute Gasteiger partial charge is 0.227 e. The second-order valence-corrected chi connectivity index (χ2v) is 17.1. The van der Waals surface area contributed by atoms with Crippen LogP contribution in [0.1, 0.15) is 48.7 Å². The third-order valence-corrected chi connectivity index (χ3v) is 13.4. The van der Waals surface area contributed by atoms with Crippen molar-refractivity contribution in [3.8, 4) is 0 Å². The van der Waals surface area contributed by atoms with Gasteiger partial charge in [-0.25, -0.2) is 23.1 Å². The molecule has 0 saturated carbocycles. The first-order chi connectivity index (χ1) is 26.6. The molecule has 9 nitrogen and oxygen atoms in total. The normalized spacial score (nSPS) is 18.7. The topological polar surface area (TPSA) is 113 Å². The van der Waals surface area contributed by atoms with Crippen LogP contribution in [0.5, 0.6) is 0 Å². The largest absolute Gasteiger partial charge is 0.341 e. The summed E-state index contributed by atoms with van der Waals surface area (Å²) in [7, 11) is -2.31. The number of aromatic nitrogens is 4. The summed E-state index contributed by atoms with van der Waals surface area (Å²) in [5.74, 6) is 2.04. The van der Waals surface area contributed by atoms with Crippen molar-refractivity contribution in [2.75, 3.05) is 40.1 Å². The fraction of sp³-hybridized carbons (Fsp3) is 0.300. The molecule has 55 heavy (non-hydrogen) atoms. The van der Waals surface area contributed by atoms with Gasteiger partial charge in [-0.15, -0.1) is 0 Å². The Morgan fingerprint density at radius 2 is 1.35 bits per heavy atom. The maximum atomic E-state index is 14.1. The quantitative estimate of drug-likeness (QED) is 0.157. The zero-order valence-electron chi connectivity index (χ0n) is 29.9. The van der Waals surface area contributed by atoms with E-state index in [4.69, 9.17) is 21.6 Å². The number of nitrogens with one attached hydrogen (secondary N) is 2. The molecule has 4 aliphatic rings. The summed E-state index contributed by atoms with van der Waals surface area (Å²) in [5.41, 5.74) is 7.67. The van der Waals surface area contributed by atoms with Gasteiger partial charge in [0.2, 0.25) is 11.2 Å². The van der Waals surface area contributed by atoms with E-state index in [0.29, 0.717) is 74.7 Å². The number of allylic oxidation sites excluding steroid dienone is 2. The SMILES string of the molecule is CCC1=C(C2CCN(c3nc4c(c(Nc5cccc(F)c5)n3)S(=O)CC4)CC2)c2cc(F)ccc2C1.O=S1CCc2nc(Cl)nc(Nc3cccc(F)c3)c21. The first-order valence-corrected chi connectivity index (χ1v) is 21.2. The Hall–Kier alpha value is -4.66. The van der Waals surface area contributed by atoms with Crippen molar-refractivity contribution in [2.45, 2.75) is 55.2 Å². The van der Waals surface area contributed by atoms with Crippen molar-refractivity contribution in [3.63, 3.8) is 0 Å². The molecule has 5 aromatic rings. The van der Waals surface area contributed by atoms with Crippen LogP contribution in [0.3, 0.4) is 0 Å². The predicted molar refractivity (Wildman–Crippen MR) is 211 cm³/mol. The van der Waals surface area contributed by atoms with Crippen molar-refractivity contribution in [3.05, 3.63) is 118 Å². The second-order valence-electron chi connectivity index (χ2n) is 13.7. The molecule has 5 heterocycles.